The molecule has 0 spiro atoms. The molecule has 0 heterocycles. The molecular weight excluding hydrogens is 150 g/mol. The van der Waals surface area contributed by atoms with Crippen LogP contribution in [0.1, 0.15) is 46.5 Å². The third-order valence-corrected chi connectivity index (χ3v) is 2.43. The Balaban J connectivity index is 3.84. The summed E-state index contributed by atoms with van der Waals surface area (Å²) in [5.74, 6) is 0.581. The van der Waals surface area contributed by atoms with Crippen molar-refractivity contribution in [3.05, 3.63) is 0 Å². The van der Waals surface area contributed by atoms with Crippen LogP contribution in [-0.2, 0) is 4.79 Å². The first-order valence-electron chi connectivity index (χ1n) is 4.93. The van der Waals surface area contributed by atoms with Gasteiger partial charge in [-0.25, -0.2) is 0 Å². The van der Waals surface area contributed by atoms with E-state index in [-0.39, 0.29) is 12.0 Å². The molecule has 2 nitrogen and oxygen atoms in total. The standard InChI is InChI=1S/C10H21NO/c1-4-8(5-2)10(12)7-9(11)6-3/h8-9H,4-7,11H2,1-3H3. The van der Waals surface area contributed by atoms with Crippen LogP contribution in [0.5, 0.6) is 0 Å². The average Bonchev–Trinajstić information content (AvgIpc) is 2.06. The minimum absolute atomic E-state index is 0.0677. The van der Waals surface area contributed by atoms with Gasteiger partial charge < -0.3 is 5.73 Å². The molecule has 1 atom stereocenters. The highest BCUT2D eigenvalue weighted by Gasteiger charge is 2.15. The van der Waals surface area contributed by atoms with Crippen molar-refractivity contribution in [3.63, 3.8) is 0 Å². The molecule has 0 saturated heterocycles. The Morgan fingerprint density at radius 3 is 2.00 bits per heavy atom. The molecule has 1 unspecified atom stereocenters. The van der Waals surface area contributed by atoms with Gasteiger partial charge in [0.1, 0.15) is 5.78 Å². The number of nitrogens with two attached hydrogens (primary N) is 1. The fourth-order valence-corrected chi connectivity index (χ4v) is 1.31. The summed E-state index contributed by atoms with van der Waals surface area (Å²) in [6, 6.07) is 0.0677. The molecule has 2 N–H and O–H groups in total. The Hall–Kier alpha value is -0.370. The molecule has 0 aliphatic rings. The topological polar surface area (TPSA) is 43.1 Å². The van der Waals surface area contributed by atoms with Crippen molar-refractivity contribution in [3.8, 4) is 0 Å². The van der Waals surface area contributed by atoms with Crippen LogP contribution in [0.15, 0.2) is 0 Å². The van der Waals surface area contributed by atoms with Gasteiger partial charge in [-0.1, -0.05) is 20.8 Å². The van der Waals surface area contributed by atoms with Crippen LogP contribution in [0, 0.1) is 5.92 Å². The first-order chi connectivity index (χ1) is 5.65. The second-order valence-corrected chi connectivity index (χ2v) is 3.35. The molecule has 2 heteroatoms. The third-order valence-electron chi connectivity index (χ3n) is 2.43. The molecule has 0 aromatic carbocycles. The van der Waals surface area contributed by atoms with Gasteiger partial charge in [0.2, 0.25) is 0 Å². The zero-order valence-electron chi connectivity index (χ0n) is 8.47. The Morgan fingerprint density at radius 2 is 1.67 bits per heavy atom. The van der Waals surface area contributed by atoms with Crippen LogP contribution in [0.25, 0.3) is 0 Å². The van der Waals surface area contributed by atoms with E-state index in [0.29, 0.717) is 12.2 Å². The van der Waals surface area contributed by atoms with E-state index in [2.05, 4.69) is 13.8 Å². The summed E-state index contributed by atoms with van der Waals surface area (Å²) in [5, 5.41) is 0. The molecule has 0 bridgehead atoms. The number of Topliss-reactive ketones (excluding diaryl/α,β-unsaturated/α-hetero) is 1. The highest BCUT2D eigenvalue weighted by atomic mass is 16.1. The van der Waals surface area contributed by atoms with Gasteiger partial charge in [0.25, 0.3) is 0 Å². The van der Waals surface area contributed by atoms with E-state index in [1.165, 1.54) is 0 Å². The third kappa shape index (κ3) is 3.86. The summed E-state index contributed by atoms with van der Waals surface area (Å²) >= 11 is 0. The normalized spacial score (nSPS) is 13.4. The van der Waals surface area contributed by atoms with Crippen molar-refractivity contribution in [1.29, 1.82) is 0 Å². The number of hydrogen-bond acceptors (Lipinski definition) is 2. The lowest BCUT2D eigenvalue weighted by Gasteiger charge is -2.13. The molecule has 0 fully saturated rings. The maximum Gasteiger partial charge on any atom is 0.137 e. The average molecular weight is 171 g/mol. The minimum atomic E-state index is 0.0677. The lowest BCUT2D eigenvalue weighted by atomic mass is 9.93. The maximum atomic E-state index is 11.5. The number of carbonyl (C=O) groups excluding carboxylic acids is 1. The highest BCUT2D eigenvalue weighted by Crippen LogP contribution is 2.12. The predicted octanol–water partition coefficient (Wildman–Crippen LogP) is 2.12. The van der Waals surface area contributed by atoms with Gasteiger partial charge >= 0.3 is 0 Å². The van der Waals surface area contributed by atoms with Crippen molar-refractivity contribution in [2.45, 2.75) is 52.5 Å². The van der Waals surface area contributed by atoms with Gasteiger partial charge in [-0.15, -0.1) is 0 Å². The molecule has 72 valence electrons. The monoisotopic (exact) mass is 171 g/mol. The summed E-state index contributed by atoms with van der Waals surface area (Å²) < 4.78 is 0. The molecule has 0 amide bonds. The molecule has 0 aliphatic heterocycles. The number of hydrogen-bond donors (Lipinski definition) is 1. The molecule has 0 aliphatic carbocycles. The van der Waals surface area contributed by atoms with Crippen molar-refractivity contribution >= 4 is 5.78 Å². The first kappa shape index (κ1) is 11.6. The zero-order valence-corrected chi connectivity index (χ0v) is 8.47. The quantitative estimate of drug-likeness (QED) is 0.665. The largest absolute Gasteiger partial charge is 0.327 e. The van der Waals surface area contributed by atoms with Gasteiger partial charge in [0.15, 0.2) is 0 Å². The molecule has 12 heavy (non-hydrogen) atoms. The molecule has 0 aromatic rings. The van der Waals surface area contributed by atoms with Crippen molar-refractivity contribution in [1.82, 2.24) is 0 Å². The van der Waals surface area contributed by atoms with Crippen molar-refractivity contribution < 1.29 is 4.79 Å². The fourth-order valence-electron chi connectivity index (χ4n) is 1.31. The number of carbonyl (C=O) groups is 1. The first-order valence-corrected chi connectivity index (χ1v) is 4.93. The maximum absolute atomic E-state index is 11.5. The molecule has 0 rings (SSSR count). The molecule has 0 saturated carbocycles. The highest BCUT2D eigenvalue weighted by molar-refractivity contribution is 5.81. The summed E-state index contributed by atoms with van der Waals surface area (Å²) in [4.78, 5) is 11.5. The van der Waals surface area contributed by atoms with Crippen LogP contribution in [0.2, 0.25) is 0 Å². The predicted molar refractivity (Wildman–Crippen MR) is 52.0 cm³/mol. The lowest BCUT2D eigenvalue weighted by Crippen LogP contribution is -2.26. The van der Waals surface area contributed by atoms with Crippen LogP contribution >= 0.6 is 0 Å². The van der Waals surface area contributed by atoms with E-state index >= 15 is 0 Å². The smallest absolute Gasteiger partial charge is 0.137 e. The van der Waals surface area contributed by atoms with Crippen molar-refractivity contribution in [2.75, 3.05) is 0 Å². The Labute approximate surface area is 75.5 Å². The zero-order chi connectivity index (χ0) is 9.56. The molecular formula is C10H21NO. The van der Waals surface area contributed by atoms with E-state index in [4.69, 9.17) is 5.73 Å². The second kappa shape index (κ2) is 6.18. The number of ketones is 1. The van der Waals surface area contributed by atoms with E-state index < -0.39 is 0 Å². The van der Waals surface area contributed by atoms with Gasteiger partial charge in [0, 0.05) is 18.4 Å². The van der Waals surface area contributed by atoms with Gasteiger partial charge in [-0.3, -0.25) is 4.79 Å². The van der Waals surface area contributed by atoms with E-state index in [0.717, 1.165) is 19.3 Å². The van der Waals surface area contributed by atoms with Crippen LogP contribution < -0.4 is 5.73 Å². The Bertz CT molecular complexity index is 130. The minimum Gasteiger partial charge on any atom is -0.327 e. The second-order valence-electron chi connectivity index (χ2n) is 3.35. The lowest BCUT2D eigenvalue weighted by molar-refractivity contribution is -0.123. The summed E-state index contributed by atoms with van der Waals surface area (Å²) in [6.07, 6.45) is 3.35. The SMILES string of the molecule is CCC(N)CC(=O)C(CC)CC. The van der Waals surface area contributed by atoms with Crippen LogP contribution in [0.4, 0.5) is 0 Å². The fraction of sp³-hybridized carbons (Fsp3) is 0.900. The van der Waals surface area contributed by atoms with E-state index in [1.54, 1.807) is 0 Å². The van der Waals surface area contributed by atoms with Crippen LogP contribution in [0.3, 0.4) is 0 Å². The molecule has 0 radical (unpaired) electrons. The van der Waals surface area contributed by atoms with E-state index in [9.17, 15) is 4.79 Å². The number of rotatable bonds is 6. The van der Waals surface area contributed by atoms with Crippen molar-refractivity contribution in [2.24, 2.45) is 11.7 Å². The summed E-state index contributed by atoms with van der Waals surface area (Å²) in [5.41, 5.74) is 5.70. The Morgan fingerprint density at radius 1 is 1.17 bits per heavy atom. The van der Waals surface area contributed by atoms with E-state index in [1.807, 2.05) is 6.92 Å². The Kier molecular flexibility index (Phi) is 5.99. The van der Waals surface area contributed by atoms with Gasteiger partial charge in [0.05, 0.1) is 0 Å². The summed E-state index contributed by atoms with van der Waals surface area (Å²) in [7, 11) is 0. The molecule has 0 aromatic heterocycles. The summed E-state index contributed by atoms with van der Waals surface area (Å²) in [6.45, 7) is 6.14. The van der Waals surface area contributed by atoms with Crippen LogP contribution in [-0.4, -0.2) is 11.8 Å². The van der Waals surface area contributed by atoms with Gasteiger partial charge in [-0.05, 0) is 19.3 Å². The van der Waals surface area contributed by atoms with Gasteiger partial charge in [-0.2, -0.15) is 0 Å².